The molecule has 3 rings (SSSR count). The van der Waals surface area contributed by atoms with Crippen LogP contribution in [-0.2, 0) is 11.2 Å². The highest BCUT2D eigenvalue weighted by atomic mass is 32.1. The Bertz CT molecular complexity index is 818. The summed E-state index contributed by atoms with van der Waals surface area (Å²) in [6.07, 6.45) is 3.72. The van der Waals surface area contributed by atoms with E-state index < -0.39 is 0 Å². The standard InChI is InChI=1S/C18H17N3O2S/c1-2-23-15-5-3-4-13(10-15)11-17(22)21-18-20-16(12-24-18)14-6-8-19-9-7-14/h3-10,12H,2,11H2,1H3,(H,20,21,22). The third-order valence-electron chi connectivity index (χ3n) is 3.30. The molecule has 24 heavy (non-hydrogen) atoms. The van der Waals surface area contributed by atoms with E-state index in [2.05, 4.69) is 15.3 Å². The van der Waals surface area contributed by atoms with Crippen LogP contribution in [0.1, 0.15) is 12.5 Å². The molecule has 0 unspecified atom stereocenters. The number of hydrogen-bond acceptors (Lipinski definition) is 5. The molecule has 3 aromatic rings. The van der Waals surface area contributed by atoms with Gasteiger partial charge in [0.05, 0.1) is 18.7 Å². The maximum atomic E-state index is 12.2. The van der Waals surface area contributed by atoms with Gasteiger partial charge in [0.1, 0.15) is 5.75 Å². The van der Waals surface area contributed by atoms with Crippen LogP contribution in [0.25, 0.3) is 11.3 Å². The molecule has 5 nitrogen and oxygen atoms in total. The number of thiazole rings is 1. The van der Waals surface area contributed by atoms with Crippen LogP contribution in [0, 0.1) is 0 Å². The number of benzene rings is 1. The molecular formula is C18H17N3O2S. The molecule has 122 valence electrons. The zero-order valence-electron chi connectivity index (χ0n) is 13.2. The molecule has 1 amide bonds. The highest BCUT2D eigenvalue weighted by Crippen LogP contribution is 2.24. The minimum absolute atomic E-state index is 0.0979. The van der Waals surface area contributed by atoms with Gasteiger partial charge in [0.15, 0.2) is 5.13 Å². The van der Waals surface area contributed by atoms with Crippen LogP contribution in [0.15, 0.2) is 54.2 Å². The van der Waals surface area contributed by atoms with Gasteiger partial charge in [-0.25, -0.2) is 4.98 Å². The summed E-state index contributed by atoms with van der Waals surface area (Å²) in [6.45, 7) is 2.54. The van der Waals surface area contributed by atoms with Gasteiger partial charge in [-0.3, -0.25) is 9.78 Å². The Morgan fingerprint density at radius 1 is 1.25 bits per heavy atom. The number of hydrogen-bond donors (Lipinski definition) is 1. The summed E-state index contributed by atoms with van der Waals surface area (Å²) in [6, 6.07) is 11.3. The van der Waals surface area contributed by atoms with Crippen molar-refractivity contribution in [1.82, 2.24) is 9.97 Å². The second-order valence-corrected chi connectivity index (χ2v) is 5.94. The van der Waals surface area contributed by atoms with Crippen molar-refractivity contribution in [3.63, 3.8) is 0 Å². The Labute approximate surface area is 144 Å². The Morgan fingerprint density at radius 3 is 2.88 bits per heavy atom. The summed E-state index contributed by atoms with van der Waals surface area (Å²) in [5.74, 6) is 0.677. The Kier molecular flexibility index (Phi) is 5.18. The topological polar surface area (TPSA) is 64.1 Å². The first kappa shape index (κ1) is 16.1. The number of amides is 1. The SMILES string of the molecule is CCOc1cccc(CC(=O)Nc2nc(-c3ccncc3)cs2)c1. The van der Waals surface area contributed by atoms with E-state index in [4.69, 9.17) is 4.74 Å². The molecule has 0 atom stereocenters. The van der Waals surface area contributed by atoms with Crippen LogP contribution in [0.4, 0.5) is 5.13 Å². The van der Waals surface area contributed by atoms with Gasteiger partial charge >= 0.3 is 0 Å². The number of nitrogens with zero attached hydrogens (tertiary/aromatic N) is 2. The predicted molar refractivity (Wildman–Crippen MR) is 95.3 cm³/mol. The number of rotatable bonds is 6. The summed E-state index contributed by atoms with van der Waals surface area (Å²) < 4.78 is 5.45. The average molecular weight is 339 g/mol. The van der Waals surface area contributed by atoms with Crippen LogP contribution in [0.2, 0.25) is 0 Å². The quantitative estimate of drug-likeness (QED) is 0.742. The lowest BCUT2D eigenvalue weighted by Crippen LogP contribution is -2.14. The van der Waals surface area contributed by atoms with E-state index in [1.165, 1.54) is 11.3 Å². The Morgan fingerprint density at radius 2 is 2.08 bits per heavy atom. The van der Waals surface area contributed by atoms with Gasteiger partial charge < -0.3 is 10.1 Å². The summed E-state index contributed by atoms with van der Waals surface area (Å²) in [5, 5.41) is 5.35. The van der Waals surface area contributed by atoms with Crippen LogP contribution in [0.5, 0.6) is 5.75 Å². The van der Waals surface area contributed by atoms with Crippen molar-refractivity contribution in [1.29, 1.82) is 0 Å². The molecule has 0 aliphatic heterocycles. The highest BCUT2D eigenvalue weighted by Gasteiger charge is 2.09. The maximum absolute atomic E-state index is 12.2. The number of aromatic nitrogens is 2. The Balaban J connectivity index is 1.63. The second kappa shape index (κ2) is 7.70. The minimum Gasteiger partial charge on any atom is -0.494 e. The van der Waals surface area contributed by atoms with Gasteiger partial charge in [0, 0.05) is 23.3 Å². The summed E-state index contributed by atoms with van der Waals surface area (Å²) in [7, 11) is 0. The zero-order chi connectivity index (χ0) is 16.8. The fraction of sp³-hybridized carbons (Fsp3) is 0.167. The number of ether oxygens (including phenoxy) is 1. The fourth-order valence-corrected chi connectivity index (χ4v) is 2.98. The van der Waals surface area contributed by atoms with Crippen molar-refractivity contribution in [2.75, 3.05) is 11.9 Å². The molecule has 1 N–H and O–H groups in total. The van der Waals surface area contributed by atoms with Crippen LogP contribution in [0.3, 0.4) is 0 Å². The first-order chi connectivity index (χ1) is 11.7. The van der Waals surface area contributed by atoms with Crippen LogP contribution >= 0.6 is 11.3 Å². The van der Waals surface area contributed by atoms with E-state index in [1.54, 1.807) is 12.4 Å². The molecule has 2 heterocycles. The molecule has 0 spiro atoms. The molecule has 0 saturated carbocycles. The van der Waals surface area contributed by atoms with Gasteiger partial charge in [-0.1, -0.05) is 12.1 Å². The highest BCUT2D eigenvalue weighted by molar-refractivity contribution is 7.14. The summed E-state index contributed by atoms with van der Waals surface area (Å²) in [4.78, 5) is 20.6. The summed E-state index contributed by atoms with van der Waals surface area (Å²) in [5.41, 5.74) is 2.71. The van der Waals surface area contributed by atoms with Crippen molar-refractivity contribution < 1.29 is 9.53 Å². The van der Waals surface area contributed by atoms with Crippen LogP contribution < -0.4 is 10.1 Å². The van der Waals surface area contributed by atoms with E-state index in [0.717, 1.165) is 22.6 Å². The lowest BCUT2D eigenvalue weighted by Gasteiger charge is -2.06. The molecule has 0 radical (unpaired) electrons. The Hall–Kier alpha value is -2.73. The van der Waals surface area contributed by atoms with Gasteiger partial charge in [-0.15, -0.1) is 11.3 Å². The van der Waals surface area contributed by atoms with E-state index in [1.807, 2.05) is 48.7 Å². The maximum Gasteiger partial charge on any atom is 0.230 e. The first-order valence-corrected chi connectivity index (χ1v) is 8.50. The molecule has 0 aliphatic rings. The van der Waals surface area contributed by atoms with Gasteiger partial charge in [0.25, 0.3) is 0 Å². The van der Waals surface area contributed by atoms with Crippen molar-refractivity contribution in [2.24, 2.45) is 0 Å². The van der Waals surface area contributed by atoms with Crippen molar-refractivity contribution in [3.05, 3.63) is 59.7 Å². The minimum atomic E-state index is -0.0979. The van der Waals surface area contributed by atoms with E-state index in [-0.39, 0.29) is 12.3 Å². The number of anilines is 1. The molecule has 0 bridgehead atoms. The summed E-state index contributed by atoms with van der Waals surface area (Å²) >= 11 is 1.41. The molecule has 0 aliphatic carbocycles. The van der Waals surface area contributed by atoms with E-state index >= 15 is 0 Å². The number of carbonyl (C=O) groups is 1. The molecule has 2 aromatic heterocycles. The van der Waals surface area contributed by atoms with Crippen molar-refractivity contribution in [3.8, 4) is 17.0 Å². The molecule has 6 heteroatoms. The van der Waals surface area contributed by atoms with Gasteiger partial charge in [-0.05, 0) is 36.8 Å². The average Bonchev–Trinajstić information content (AvgIpc) is 3.04. The first-order valence-electron chi connectivity index (χ1n) is 7.62. The number of pyridine rings is 1. The fourth-order valence-electron chi connectivity index (χ4n) is 2.25. The van der Waals surface area contributed by atoms with E-state index in [0.29, 0.717) is 11.7 Å². The molecule has 0 fully saturated rings. The lowest BCUT2D eigenvalue weighted by molar-refractivity contribution is -0.115. The zero-order valence-corrected chi connectivity index (χ0v) is 14.0. The lowest BCUT2D eigenvalue weighted by atomic mass is 10.1. The van der Waals surface area contributed by atoms with Crippen LogP contribution in [-0.4, -0.2) is 22.5 Å². The molecule has 1 aromatic carbocycles. The van der Waals surface area contributed by atoms with Gasteiger partial charge in [-0.2, -0.15) is 0 Å². The van der Waals surface area contributed by atoms with Crippen molar-refractivity contribution in [2.45, 2.75) is 13.3 Å². The van der Waals surface area contributed by atoms with Crippen molar-refractivity contribution >= 4 is 22.4 Å². The third-order valence-corrected chi connectivity index (χ3v) is 4.06. The largest absolute Gasteiger partial charge is 0.494 e. The molecular weight excluding hydrogens is 322 g/mol. The smallest absolute Gasteiger partial charge is 0.230 e. The third kappa shape index (κ3) is 4.17. The second-order valence-electron chi connectivity index (χ2n) is 5.08. The number of nitrogens with one attached hydrogen (secondary N) is 1. The normalized spacial score (nSPS) is 10.4. The molecule has 0 saturated heterocycles. The number of carbonyl (C=O) groups excluding carboxylic acids is 1. The van der Waals surface area contributed by atoms with Gasteiger partial charge in [0.2, 0.25) is 5.91 Å². The predicted octanol–water partition coefficient (Wildman–Crippen LogP) is 3.79. The van der Waals surface area contributed by atoms with E-state index in [9.17, 15) is 4.79 Å². The monoisotopic (exact) mass is 339 g/mol.